The van der Waals surface area contributed by atoms with Crippen LogP contribution in [0.25, 0.3) is 22.3 Å². The van der Waals surface area contributed by atoms with Crippen molar-refractivity contribution in [3.05, 3.63) is 60.3 Å². The molecule has 2 aliphatic rings. The third-order valence-corrected chi connectivity index (χ3v) is 7.42. The van der Waals surface area contributed by atoms with E-state index >= 15 is 0 Å². The van der Waals surface area contributed by atoms with Gasteiger partial charge in [-0.1, -0.05) is 0 Å². The number of piperazine rings is 1. The molecule has 0 unspecified atom stereocenters. The average Bonchev–Trinajstić information content (AvgIpc) is 3.57. The Morgan fingerprint density at radius 2 is 1.85 bits per heavy atom. The number of alkyl halides is 3. The van der Waals surface area contributed by atoms with E-state index in [0.717, 1.165) is 41.2 Å². The number of halogens is 3. The van der Waals surface area contributed by atoms with Crippen molar-refractivity contribution in [1.29, 1.82) is 0 Å². The molecule has 1 aliphatic heterocycles. The van der Waals surface area contributed by atoms with E-state index in [1.807, 2.05) is 23.1 Å². The molecule has 0 bridgehead atoms. The number of nitrogens with zero attached hydrogens (tertiary/aromatic N) is 8. The van der Waals surface area contributed by atoms with Gasteiger partial charge in [0.2, 0.25) is 5.82 Å². The Morgan fingerprint density at radius 3 is 2.55 bits per heavy atom. The van der Waals surface area contributed by atoms with Crippen molar-refractivity contribution >= 4 is 16.9 Å². The number of aromatic amines is 1. The van der Waals surface area contributed by atoms with Gasteiger partial charge < -0.3 is 15.0 Å². The Balaban J connectivity index is 1.07. The van der Waals surface area contributed by atoms with E-state index in [1.165, 1.54) is 31.1 Å². The molecule has 14 heteroatoms. The number of carbonyl (C=O) groups excluding carboxylic acids is 1. The Hall–Kier alpha value is -3.91. The number of H-pyrrole nitrogens is 1. The van der Waals surface area contributed by atoms with Crippen LogP contribution in [0, 0.1) is 6.04 Å². The van der Waals surface area contributed by atoms with Crippen molar-refractivity contribution in [1.82, 2.24) is 44.5 Å². The van der Waals surface area contributed by atoms with Gasteiger partial charge >= 0.3 is 6.18 Å². The number of fused-ring (bicyclic) bond motifs is 1. The molecule has 6 rings (SSSR count). The van der Waals surface area contributed by atoms with E-state index in [2.05, 4.69) is 34.9 Å². The fraction of sp³-hybridized carbons (Fsp3) is 0.423. The normalized spacial score (nSPS) is 17.9. The molecule has 11 nitrogen and oxygen atoms in total. The first-order valence-electron chi connectivity index (χ1n) is 12.9. The molecule has 1 saturated carbocycles. The standard InChI is InChI=1S/C26H27F3N9O2/c1-25(2,40)20-11-19(34-24(35-20)26(27,28)29)23(39)37-7-5-36(6-8-37)16-9-17(10-16)38-13-15(12-33-38)21-18-3-4-30-22(18)32-14-31-21/h3-4,11-14,16,40H,5-10H2,1-2H3,(H,30,31,32). The first kappa shape index (κ1) is 26.3. The van der Waals surface area contributed by atoms with Crippen LogP contribution in [0.15, 0.2) is 37.1 Å². The number of hydrogen-bond acceptors (Lipinski definition) is 8. The Labute approximate surface area is 227 Å². The number of amides is 1. The first-order chi connectivity index (χ1) is 19.0. The lowest BCUT2D eigenvalue weighted by atomic mass is 9.85. The van der Waals surface area contributed by atoms with Gasteiger partial charge in [0.15, 0.2) is 0 Å². The lowest BCUT2D eigenvalue weighted by Crippen LogP contribution is -2.55. The van der Waals surface area contributed by atoms with E-state index in [4.69, 9.17) is 0 Å². The number of aromatic nitrogens is 7. The summed E-state index contributed by atoms with van der Waals surface area (Å²) in [5.41, 5.74) is 0.199. The minimum Gasteiger partial charge on any atom is -0.384 e. The molecule has 40 heavy (non-hydrogen) atoms. The topological polar surface area (TPSA) is 129 Å². The monoisotopic (exact) mass is 554 g/mol. The van der Waals surface area contributed by atoms with Crippen LogP contribution in [0.5, 0.6) is 0 Å². The number of hydrogen-bond donors (Lipinski definition) is 2. The second-order valence-electron chi connectivity index (χ2n) is 10.6. The molecule has 209 valence electrons. The highest BCUT2D eigenvalue weighted by atomic mass is 19.4. The van der Waals surface area contributed by atoms with Crippen LogP contribution in [0.3, 0.4) is 0 Å². The van der Waals surface area contributed by atoms with E-state index < -0.39 is 23.5 Å². The summed E-state index contributed by atoms with van der Waals surface area (Å²) < 4.78 is 42.0. The molecule has 1 saturated heterocycles. The van der Waals surface area contributed by atoms with Crippen LogP contribution in [0.1, 0.15) is 48.7 Å². The lowest BCUT2D eigenvalue weighted by Gasteiger charge is -2.45. The molecular formula is C26H27F3N9O2. The van der Waals surface area contributed by atoms with Crippen LogP contribution >= 0.6 is 0 Å². The number of carbonyl (C=O) groups is 1. The van der Waals surface area contributed by atoms with Gasteiger partial charge in [-0.05, 0) is 38.8 Å². The summed E-state index contributed by atoms with van der Waals surface area (Å²) in [5, 5.41) is 15.7. The molecule has 0 spiro atoms. The van der Waals surface area contributed by atoms with E-state index in [0.29, 0.717) is 32.2 Å². The Bertz CT molecular complexity index is 1510. The zero-order valence-corrected chi connectivity index (χ0v) is 21.9. The van der Waals surface area contributed by atoms with Crippen molar-refractivity contribution in [3.63, 3.8) is 0 Å². The predicted molar refractivity (Wildman–Crippen MR) is 137 cm³/mol. The maximum absolute atomic E-state index is 13.4. The summed E-state index contributed by atoms with van der Waals surface area (Å²) in [6, 6.07) is 4.55. The molecule has 2 fully saturated rings. The van der Waals surface area contributed by atoms with Crippen LogP contribution in [0.2, 0.25) is 0 Å². The zero-order valence-electron chi connectivity index (χ0n) is 21.9. The summed E-state index contributed by atoms with van der Waals surface area (Å²) in [6.45, 7) is 4.53. The third-order valence-electron chi connectivity index (χ3n) is 7.42. The van der Waals surface area contributed by atoms with Gasteiger partial charge in [0.05, 0.1) is 23.6 Å². The van der Waals surface area contributed by atoms with E-state index in [1.54, 1.807) is 6.20 Å². The molecule has 1 radical (unpaired) electrons. The molecule has 4 aromatic heterocycles. The van der Waals surface area contributed by atoms with Crippen LogP contribution in [0.4, 0.5) is 13.2 Å². The third kappa shape index (κ3) is 4.92. The summed E-state index contributed by atoms with van der Waals surface area (Å²) in [7, 11) is 0. The lowest BCUT2D eigenvalue weighted by molar-refractivity contribution is -0.145. The van der Waals surface area contributed by atoms with Gasteiger partial charge in [-0.3, -0.25) is 14.4 Å². The number of nitrogens with one attached hydrogen (secondary N) is 1. The quantitative estimate of drug-likeness (QED) is 0.386. The maximum Gasteiger partial charge on any atom is 0.451 e. The SMILES string of the molecule is CC(C)(O)c1cc(C(=O)N2CCN(C3C[C](n4cc(-c5ncnc6[nH]ccc56)cn4)C3)CC2)nc(C(F)(F)F)n1. The predicted octanol–water partition coefficient (Wildman–Crippen LogP) is 2.86. The van der Waals surface area contributed by atoms with E-state index in [-0.39, 0.29) is 11.4 Å². The van der Waals surface area contributed by atoms with Crippen LogP contribution in [-0.4, -0.2) is 87.7 Å². The fourth-order valence-corrected chi connectivity index (χ4v) is 5.10. The molecule has 5 heterocycles. The summed E-state index contributed by atoms with van der Waals surface area (Å²) >= 11 is 0. The Morgan fingerprint density at radius 1 is 1.10 bits per heavy atom. The average molecular weight is 555 g/mol. The minimum absolute atomic E-state index is 0.256. The zero-order chi connectivity index (χ0) is 28.2. The molecule has 1 aliphatic carbocycles. The molecule has 2 N–H and O–H groups in total. The molecular weight excluding hydrogens is 527 g/mol. The largest absolute Gasteiger partial charge is 0.451 e. The smallest absolute Gasteiger partial charge is 0.384 e. The van der Waals surface area contributed by atoms with Gasteiger partial charge in [-0.15, -0.1) is 0 Å². The van der Waals surface area contributed by atoms with Gasteiger partial charge in [0.25, 0.3) is 5.91 Å². The van der Waals surface area contributed by atoms with Gasteiger partial charge in [-0.25, -0.2) is 19.9 Å². The van der Waals surface area contributed by atoms with Crippen molar-refractivity contribution < 1.29 is 23.1 Å². The molecule has 0 atom stereocenters. The second kappa shape index (κ2) is 9.63. The number of rotatable bonds is 5. The van der Waals surface area contributed by atoms with E-state index in [9.17, 15) is 23.1 Å². The second-order valence-corrected chi connectivity index (χ2v) is 10.6. The van der Waals surface area contributed by atoms with Crippen molar-refractivity contribution in [2.24, 2.45) is 0 Å². The van der Waals surface area contributed by atoms with Gasteiger partial charge in [0, 0.05) is 55.6 Å². The van der Waals surface area contributed by atoms with Crippen molar-refractivity contribution in [2.45, 2.75) is 44.5 Å². The maximum atomic E-state index is 13.4. The fourth-order valence-electron chi connectivity index (χ4n) is 5.10. The van der Waals surface area contributed by atoms with Crippen LogP contribution < -0.4 is 0 Å². The molecule has 1 amide bonds. The highest BCUT2D eigenvalue weighted by molar-refractivity contribution is 5.92. The minimum atomic E-state index is -4.84. The summed E-state index contributed by atoms with van der Waals surface area (Å²) in [4.78, 5) is 35.5. The molecule has 4 aromatic rings. The Kier molecular flexibility index (Phi) is 6.33. The van der Waals surface area contributed by atoms with Crippen LogP contribution in [-0.2, 0) is 11.8 Å². The van der Waals surface area contributed by atoms with Gasteiger partial charge in [-0.2, -0.15) is 18.3 Å². The summed E-state index contributed by atoms with van der Waals surface area (Å²) in [5.74, 6) is -2.05. The van der Waals surface area contributed by atoms with Crippen molar-refractivity contribution in [3.8, 4) is 11.3 Å². The highest BCUT2D eigenvalue weighted by Crippen LogP contribution is 2.36. The number of aliphatic hydroxyl groups is 1. The first-order valence-corrected chi connectivity index (χ1v) is 12.9. The highest BCUT2D eigenvalue weighted by Gasteiger charge is 2.40. The molecule has 0 aromatic carbocycles. The van der Waals surface area contributed by atoms with Crippen molar-refractivity contribution in [2.75, 3.05) is 26.2 Å². The van der Waals surface area contributed by atoms with Gasteiger partial charge in [0.1, 0.15) is 23.3 Å². The summed E-state index contributed by atoms with van der Waals surface area (Å²) in [6.07, 6.45) is 3.92.